The van der Waals surface area contributed by atoms with E-state index in [1.165, 1.54) is 0 Å². The van der Waals surface area contributed by atoms with Crippen molar-refractivity contribution in [3.63, 3.8) is 0 Å². The summed E-state index contributed by atoms with van der Waals surface area (Å²) in [6.07, 6.45) is 8.66. The van der Waals surface area contributed by atoms with E-state index in [0.717, 1.165) is 64.2 Å². The monoisotopic (exact) mass is 601 g/mol. The molecule has 1 aromatic carbocycles. The normalized spacial score (nSPS) is 22.4. The van der Waals surface area contributed by atoms with Crippen LogP contribution in [-0.2, 0) is 9.59 Å². The molecule has 0 saturated carbocycles. The summed E-state index contributed by atoms with van der Waals surface area (Å²) in [6, 6.07) is 10.0. The lowest BCUT2D eigenvalue weighted by molar-refractivity contribution is -0.133. The molecule has 3 fully saturated rings. The first kappa shape index (κ1) is 25.1. The van der Waals surface area contributed by atoms with Gasteiger partial charge in [0.25, 0.3) is 0 Å². The Morgan fingerprint density at radius 1 is 1.05 bits per heavy atom. The van der Waals surface area contributed by atoms with Crippen molar-refractivity contribution >= 4 is 50.3 Å². The largest absolute Gasteiger partial charge is 0.335 e. The van der Waals surface area contributed by atoms with Gasteiger partial charge in [0.2, 0.25) is 17.8 Å². The number of halogens is 1. The van der Waals surface area contributed by atoms with Gasteiger partial charge in [-0.2, -0.15) is 5.10 Å². The molecule has 4 aromatic rings. The van der Waals surface area contributed by atoms with Crippen molar-refractivity contribution in [2.45, 2.75) is 24.9 Å². The maximum absolute atomic E-state index is 13.2. The van der Waals surface area contributed by atoms with Crippen LogP contribution in [0.25, 0.3) is 22.2 Å². The molecule has 40 heavy (non-hydrogen) atoms. The molecule has 3 aliphatic heterocycles. The fraction of sp³-hybridized carbons (Fsp3) is 0.357. The summed E-state index contributed by atoms with van der Waals surface area (Å²) in [5.41, 5.74) is 3.41. The van der Waals surface area contributed by atoms with E-state index in [1.807, 2.05) is 35.2 Å². The molecule has 3 atom stereocenters. The first-order valence-electron chi connectivity index (χ1n) is 13.5. The summed E-state index contributed by atoms with van der Waals surface area (Å²) in [5.74, 6) is 0.678. The summed E-state index contributed by atoms with van der Waals surface area (Å²) in [6.45, 7) is 3.11. The van der Waals surface area contributed by atoms with E-state index in [-0.39, 0.29) is 29.8 Å². The van der Waals surface area contributed by atoms with Crippen LogP contribution in [0.4, 0.5) is 11.6 Å². The van der Waals surface area contributed by atoms with Crippen LogP contribution in [0.2, 0.25) is 0 Å². The predicted octanol–water partition coefficient (Wildman–Crippen LogP) is 2.93. The zero-order chi connectivity index (χ0) is 27.2. The highest BCUT2D eigenvalue weighted by atomic mass is 79.9. The van der Waals surface area contributed by atoms with Crippen LogP contribution in [0.5, 0.6) is 0 Å². The fourth-order valence-electron chi connectivity index (χ4n) is 6.21. The van der Waals surface area contributed by atoms with Crippen molar-refractivity contribution in [1.29, 1.82) is 0 Å². The van der Waals surface area contributed by atoms with E-state index in [0.29, 0.717) is 19.6 Å². The lowest BCUT2D eigenvalue weighted by atomic mass is 10.1. The summed E-state index contributed by atoms with van der Waals surface area (Å²) < 4.78 is 0.851. The molecule has 7 rings (SSSR count). The average molecular weight is 602 g/mol. The van der Waals surface area contributed by atoms with Gasteiger partial charge >= 0.3 is 0 Å². The molecule has 2 N–H and O–H groups in total. The van der Waals surface area contributed by atoms with Gasteiger partial charge in [0.1, 0.15) is 5.69 Å². The topological polar surface area (TPSA) is 123 Å². The smallest absolute Gasteiger partial charge is 0.237 e. The highest BCUT2D eigenvalue weighted by Gasteiger charge is 2.46. The molecule has 11 nitrogen and oxygen atoms in total. The summed E-state index contributed by atoms with van der Waals surface area (Å²) >= 11 is 3.38. The van der Waals surface area contributed by atoms with Gasteiger partial charge in [-0.15, -0.1) is 0 Å². The van der Waals surface area contributed by atoms with Crippen molar-refractivity contribution in [3.05, 3.63) is 59.6 Å². The van der Waals surface area contributed by atoms with Crippen LogP contribution in [0.1, 0.15) is 12.8 Å². The third-order valence-electron chi connectivity index (χ3n) is 8.21. The highest BCUT2D eigenvalue weighted by molar-refractivity contribution is 9.10. The maximum atomic E-state index is 13.2. The molecule has 0 spiro atoms. The number of nitrogens with zero attached hydrogens (tertiary/aromatic N) is 7. The van der Waals surface area contributed by atoms with E-state index in [1.54, 1.807) is 24.8 Å². The van der Waals surface area contributed by atoms with Gasteiger partial charge in [-0.3, -0.25) is 24.6 Å². The van der Waals surface area contributed by atoms with Crippen LogP contribution in [-0.4, -0.2) is 91.6 Å². The van der Waals surface area contributed by atoms with Crippen LogP contribution in [0.3, 0.4) is 0 Å². The summed E-state index contributed by atoms with van der Waals surface area (Å²) in [4.78, 5) is 45.6. The number of nitrogens with one attached hydrogen (secondary N) is 2. The van der Waals surface area contributed by atoms with Gasteiger partial charge in [-0.1, -0.05) is 0 Å². The fourth-order valence-corrected chi connectivity index (χ4v) is 6.41. The number of hydrogen-bond acceptors (Lipinski definition) is 8. The molecule has 6 heterocycles. The Morgan fingerprint density at radius 3 is 2.65 bits per heavy atom. The quantitative estimate of drug-likeness (QED) is 0.346. The lowest BCUT2D eigenvalue weighted by Crippen LogP contribution is -2.51. The third kappa shape index (κ3) is 4.71. The SMILES string of the molecule is O=C(Nc1ccc2[nH]nc(-c3ccncc3)c2c1)[C@@H]1CCN(CC(=O)N2C[C@@H]3C[C@H]2CN3c2ncc(Br)cn2)C1. The molecule has 3 saturated heterocycles. The van der Waals surface area contributed by atoms with Gasteiger partial charge in [0.05, 0.1) is 34.5 Å². The number of pyridine rings is 1. The number of anilines is 2. The minimum Gasteiger partial charge on any atom is -0.335 e. The highest BCUT2D eigenvalue weighted by Crippen LogP contribution is 2.34. The molecule has 3 aromatic heterocycles. The van der Waals surface area contributed by atoms with E-state index < -0.39 is 0 Å². The van der Waals surface area contributed by atoms with Crippen molar-refractivity contribution in [2.24, 2.45) is 5.92 Å². The number of likely N-dealkylation sites (tertiary alicyclic amines) is 2. The third-order valence-corrected chi connectivity index (χ3v) is 8.62. The second kappa shape index (κ2) is 10.3. The Hall–Kier alpha value is -3.90. The van der Waals surface area contributed by atoms with Crippen LogP contribution < -0.4 is 10.2 Å². The van der Waals surface area contributed by atoms with E-state index in [9.17, 15) is 9.59 Å². The predicted molar refractivity (Wildman–Crippen MR) is 153 cm³/mol. The first-order valence-corrected chi connectivity index (χ1v) is 14.3. The van der Waals surface area contributed by atoms with Crippen LogP contribution in [0.15, 0.2) is 59.6 Å². The van der Waals surface area contributed by atoms with Crippen molar-refractivity contribution in [2.75, 3.05) is 42.9 Å². The first-order chi connectivity index (χ1) is 19.5. The number of hydrogen-bond donors (Lipinski definition) is 2. The van der Waals surface area contributed by atoms with E-state index >= 15 is 0 Å². The molecule has 0 radical (unpaired) electrons. The Bertz CT molecular complexity index is 1560. The molecule has 3 aliphatic rings. The molecular weight excluding hydrogens is 574 g/mol. The number of rotatable bonds is 6. The van der Waals surface area contributed by atoms with Crippen molar-refractivity contribution < 1.29 is 9.59 Å². The molecule has 2 bridgehead atoms. The number of piperazine rings is 1. The molecule has 0 unspecified atom stereocenters. The van der Waals surface area contributed by atoms with Gasteiger partial charge in [-0.05, 0) is 65.6 Å². The zero-order valence-electron chi connectivity index (χ0n) is 21.7. The molecule has 204 valence electrons. The zero-order valence-corrected chi connectivity index (χ0v) is 23.3. The molecule has 2 amide bonds. The molecule has 12 heteroatoms. The van der Waals surface area contributed by atoms with Gasteiger partial charge in [0.15, 0.2) is 0 Å². The Morgan fingerprint density at radius 2 is 1.88 bits per heavy atom. The van der Waals surface area contributed by atoms with Gasteiger partial charge < -0.3 is 15.1 Å². The Kier molecular flexibility index (Phi) is 6.43. The maximum Gasteiger partial charge on any atom is 0.237 e. The van der Waals surface area contributed by atoms with Crippen LogP contribution in [0, 0.1) is 5.92 Å². The minimum atomic E-state index is -0.160. The van der Waals surface area contributed by atoms with E-state index in [2.05, 4.69) is 56.2 Å². The number of fused-ring (bicyclic) bond motifs is 3. The van der Waals surface area contributed by atoms with Gasteiger partial charge in [-0.25, -0.2) is 9.97 Å². The standard InChI is InChI=1S/C28H28BrN9O2/c29-19-11-31-28(32-12-19)38-15-21-10-22(38)14-37(21)25(39)16-36-8-5-18(13-36)27(40)33-20-1-2-24-23(9-20)26(35-34-24)17-3-6-30-7-4-17/h1-4,6-7,9,11-12,18,21-22H,5,8,10,13-16H2,(H,33,40)(H,34,35)/t18-,21+,22+/m1/s1. The van der Waals surface area contributed by atoms with E-state index in [4.69, 9.17) is 0 Å². The Labute approximate surface area is 239 Å². The van der Waals surface area contributed by atoms with Crippen molar-refractivity contribution in [1.82, 2.24) is 34.9 Å². The number of aromatic amines is 1. The summed E-state index contributed by atoms with van der Waals surface area (Å²) in [7, 11) is 0. The minimum absolute atomic E-state index is 0.0198. The molecule has 0 aliphatic carbocycles. The Balaban J connectivity index is 0.942. The van der Waals surface area contributed by atoms with Crippen molar-refractivity contribution in [3.8, 4) is 11.3 Å². The van der Waals surface area contributed by atoms with Gasteiger partial charge in [0, 0.05) is 61.1 Å². The number of benzene rings is 1. The van der Waals surface area contributed by atoms with Crippen LogP contribution >= 0.6 is 15.9 Å². The molecular formula is C28H28BrN9O2. The number of aromatic nitrogens is 5. The summed E-state index contributed by atoms with van der Waals surface area (Å²) in [5, 5.41) is 11.5. The number of carbonyl (C=O) groups is 2. The second-order valence-corrected chi connectivity index (χ2v) is 11.6. The lowest BCUT2D eigenvalue weighted by Gasteiger charge is -2.35. The number of H-pyrrole nitrogens is 1. The average Bonchev–Trinajstić information content (AvgIpc) is 3.77. The number of carbonyl (C=O) groups excluding carboxylic acids is 2. The second-order valence-electron chi connectivity index (χ2n) is 10.7. The number of amides is 2.